The molecule has 2 nitrogen and oxygen atoms in total. The van der Waals surface area contributed by atoms with Gasteiger partial charge in [-0.3, -0.25) is 4.90 Å². The molecule has 0 aromatic carbocycles. The van der Waals surface area contributed by atoms with Gasteiger partial charge in [-0.1, -0.05) is 0 Å². The average Bonchev–Trinajstić information content (AvgIpc) is 2.88. The van der Waals surface area contributed by atoms with Crippen molar-refractivity contribution >= 4 is 0 Å². The van der Waals surface area contributed by atoms with E-state index in [4.69, 9.17) is 0 Å². The van der Waals surface area contributed by atoms with Crippen LogP contribution in [0.5, 0.6) is 0 Å². The van der Waals surface area contributed by atoms with E-state index in [0.29, 0.717) is 18.9 Å². The number of fused-ring (bicyclic) bond motifs is 1. The molecule has 1 saturated carbocycles. The molecule has 104 valence electrons. The second kappa shape index (κ2) is 4.67. The highest BCUT2D eigenvalue weighted by molar-refractivity contribution is 4.94. The van der Waals surface area contributed by atoms with Crippen LogP contribution in [0.25, 0.3) is 0 Å². The lowest BCUT2D eigenvalue weighted by Gasteiger charge is -2.35. The van der Waals surface area contributed by atoms with E-state index in [9.17, 15) is 13.2 Å². The normalized spacial score (nSPS) is 42.2. The second-order valence-electron chi connectivity index (χ2n) is 6.18. The summed E-state index contributed by atoms with van der Waals surface area (Å²) in [4.78, 5) is 2.46. The fourth-order valence-corrected chi connectivity index (χ4v) is 3.96. The fraction of sp³-hybridized carbons (Fsp3) is 1.00. The fourth-order valence-electron chi connectivity index (χ4n) is 3.96. The van der Waals surface area contributed by atoms with Gasteiger partial charge in [0.2, 0.25) is 0 Å². The highest BCUT2D eigenvalue weighted by Crippen LogP contribution is 2.40. The van der Waals surface area contributed by atoms with Crippen molar-refractivity contribution in [1.29, 1.82) is 0 Å². The molecular formula is C13H21F3N2. The molecule has 2 unspecified atom stereocenters. The van der Waals surface area contributed by atoms with E-state index in [1.54, 1.807) is 0 Å². The molecule has 2 atom stereocenters. The topological polar surface area (TPSA) is 15.3 Å². The maximum atomic E-state index is 12.6. The van der Waals surface area contributed by atoms with Crippen LogP contribution in [0.1, 0.15) is 25.7 Å². The van der Waals surface area contributed by atoms with Crippen LogP contribution in [-0.2, 0) is 0 Å². The van der Waals surface area contributed by atoms with Crippen molar-refractivity contribution in [1.82, 2.24) is 10.2 Å². The largest absolute Gasteiger partial charge is 0.391 e. The Morgan fingerprint density at radius 3 is 1.94 bits per heavy atom. The summed E-state index contributed by atoms with van der Waals surface area (Å²) in [5, 5.41) is 3.40. The Kier molecular flexibility index (Phi) is 3.30. The molecule has 0 aromatic rings. The smallest absolute Gasteiger partial charge is 0.316 e. The third-order valence-corrected chi connectivity index (χ3v) is 5.09. The van der Waals surface area contributed by atoms with Gasteiger partial charge in [0.05, 0.1) is 5.92 Å². The van der Waals surface area contributed by atoms with Crippen molar-refractivity contribution in [2.75, 3.05) is 26.2 Å². The molecule has 2 aliphatic heterocycles. The number of nitrogens with zero attached hydrogens (tertiary/aromatic N) is 1. The third kappa shape index (κ3) is 2.39. The summed E-state index contributed by atoms with van der Waals surface area (Å²) in [7, 11) is 0. The number of likely N-dealkylation sites (tertiary alicyclic amines) is 1. The van der Waals surface area contributed by atoms with Crippen LogP contribution >= 0.6 is 0 Å². The van der Waals surface area contributed by atoms with Crippen LogP contribution in [0.3, 0.4) is 0 Å². The van der Waals surface area contributed by atoms with Crippen LogP contribution in [0.4, 0.5) is 13.2 Å². The number of nitrogens with one attached hydrogen (secondary N) is 1. The van der Waals surface area contributed by atoms with Gasteiger partial charge in [-0.25, -0.2) is 0 Å². The minimum atomic E-state index is -3.98. The Bertz CT molecular complexity index is 285. The van der Waals surface area contributed by atoms with Gasteiger partial charge in [-0.05, 0) is 50.6 Å². The molecule has 1 aliphatic carbocycles. The number of hydrogen-bond donors (Lipinski definition) is 1. The van der Waals surface area contributed by atoms with Crippen LogP contribution in [0, 0.1) is 17.8 Å². The number of alkyl halides is 3. The monoisotopic (exact) mass is 262 g/mol. The lowest BCUT2D eigenvalue weighted by Crippen LogP contribution is -2.40. The third-order valence-electron chi connectivity index (χ3n) is 5.09. The first kappa shape index (κ1) is 12.7. The quantitative estimate of drug-likeness (QED) is 0.780. The molecule has 3 aliphatic rings. The summed E-state index contributed by atoms with van der Waals surface area (Å²) in [5.41, 5.74) is 0. The summed E-state index contributed by atoms with van der Waals surface area (Å²) in [6.45, 7) is 4.39. The van der Waals surface area contributed by atoms with E-state index in [1.165, 1.54) is 0 Å². The van der Waals surface area contributed by atoms with E-state index < -0.39 is 12.1 Å². The zero-order valence-electron chi connectivity index (χ0n) is 10.5. The van der Waals surface area contributed by atoms with E-state index in [-0.39, 0.29) is 0 Å². The Morgan fingerprint density at radius 1 is 0.889 bits per heavy atom. The Morgan fingerprint density at radius 2 is 1.44 bits per heavy atom. The molecule has 1 N–H and O–H groups in total. The van der Waals surface area contributed by atoms with Gasteiger partial charge >= 0.3 is 6.18 Å². The molecule has 18 heavy (non-hydrogen) atoms. The molecule has 0 radical (unpaired) electrons. The first-order chi connectivity index (χ1) is 8.54. The van der Waals surface area contributed by atoms with Crippen LogP contribution in [-0.4, -0.2) is 43.3 Å². The Labute approximate surface area is 106 Å². The first-order valence-corrected chi connectivity index (χ1v) is 7.05. The van der Waals surface area contributed by atoms with Gasteiger partial charge in [0.25, 0.3) is 0 Å². The minimum Gasteiger partial charge on any atom is -0.316 e. The zero-order chi connectivity index (χ0) is 12.8. The van der Waals surface area contributed by atoms with Crippen LogP contribution in [0.15, 0.2) is 0 Å². The number of halogens is 3. The minimum absolute atomic E-state index is 0.332. The zero-order valence-corrected chi connectivity index (χ0v) is 10.5. The van der Waals surface area contributed by atoms with Crippen molar-refractivity contribution < 1.29 is 13.2 Å². The Hall–Kier alpha value is -0.290. The molecule has 0 spiro atoms. The van der Waals surface area contributed by atoms with Crippen LogP contribution in [0.2, 0.25) is 0 Å². The molecule has 0 aromatic heterocycles. The van der Waals surface area contributed by atoms with Gasteiger partial charge in [0.15, 0.2) is 0 Å². The van der Waals surface area contributed by atoms with Gasteiger partial charge in [-0.15, -0.1) is 0 Å². The van der Waals surface area contributed by atoms with Gasteiger partial charge < -0.3 is 5.32 Å². The molecule has 0 bridgehead atoms. The maximum Gasteiger partial charge on any atom is 0.391 e. The van der Waals surface area contributed by atoms with Crippen molar-refractivity contribution in [2.45, 2.75) is 37.9 Å². The van der Waals surface area contributed by atoms with E-state index >= 15 is 0 Å². The van der Waals surface area contributed by atoms with Crippen LogP contribution < -0.4 is 5.32 Å². The standard InChI is InChI=1S/C13H21F3N2/c14-13(15,16)11-1-3-12(4-2-11)18-7-9-5-17-6-10(9)8-18/h9-12,17H,1-8H2. The molecule has 2 saturated heterocycles. The van der Waals surface area contributed by atoms with Crippen molar-refractivity contribution in [3.8, 4) is 0 Å². The SMILES string of the molecule is FC(F)(F)C1CCC(N2CC3CNCC3C2)CC1. The van der Waals surface area contributed by atoms with Crippen molar-refractivity contribution in [3.05, 3.63) is 0 Å². The number of hydrogen-bond acceptors (Lipinski definition) is 2. The van der Waals surface area contributed by atoms with Gasteiger partial charge in [-0.2, -0.15) is 13.2 Å². The van der Waals surface area contributed by atoms with E-state index in [0.717, 1.165) is 50.9 Å². The first-order valence-electron chi connectivity index (χ1n) is 7.05. The molecular weight excluding hydrogens is 241 g/mol. The lowest BCUT2D eigenvalue weighted by atomic mass is 9.85. The van der Waals surface area contributed by atoms with Gasteiger partial charge in [0, 0.05) is 19.1 Å². The molecule has 5 heteroatoms. The highest BCUT2D eigenvalue weighted by Gasteiger charge is 2.44. The summed E-state index contributed by atoms with van der Waals surface area (Å²) < 4.78 is 37.8. The average molecular weight is 262 g/mol. The molecule has 3 fully saturated rings. The predicted octanol–water partition coefficient (Wildman–Crippen LogP) is 2.26. The highest BCUT2D eigenvalue weighted by atomic mass is 19.4. The summed E-state index contributed by atoms with van der Waals surface area (Å²) in [5.74, 6) is 0.438. The van der Waals surface area contributed by atoms with Gasteiger partial charge in [0.1, 0.15) is 0 Å². The summed E-state index contributed by atoms with van der Waals surface area (Å²) in [6, 6.07) is 0.411. The van der Waals surface area contributed by atoms with Crippen molar-refractivity contribution in [2.24, 2.45) is 17.8 Å². The van der Waals surface area contributed by atoms with E-state index in [1.807, 2.05) is 0 Å². The molecule has 0 amide bonds. The maximum absolute atomic E-state index is 12.6. The predicted molar refractivity (Wildman–Crippen MR) is 63.2 cm³/mol. The molecule has 3 rings (SSSR count). The molecule has 2 heterocycles. The number of rotatable bonds is 1. The second-order valence-corrected chi connectivity index (χ2v) is 6.18. The Balaban J connectivity index is 1.52. The van der Waals surface area contributed by atoms with Crippen molar-refractivity contribution in [3.63, 3.8) is 0 Å². The van der Waals surface area contributed by atoms with E-state index in [2.05, 4.69) is 10.2 Å². The summed E-state index contributed by atoms with van der Waals surface area (Å²) in [6.07, 6.45) is -1.85. The summed E-state index contributed by atoms with van der Waals surface area (Å²) >= 11 is 0. The lowest BCUT2D eigenvalue weighted by molar-refractivity contribution is -0.184.